The molecule has 0 heterocycles. The van der Waals surface area contributed by atoms with Gasteiger partial charge in [0.2, 0.25) is 0 Å². The minimum absolute atomic E-state index is 0.192. The van der Waals surface area contributed by atoms with Gasteiger partial charge in [0.1, 0.15) is 0 Å². The maximum absolute atomic E-state index is 13.5. The van der Waals surface area contributed by atoms with Crippen LogP contribution in [0, 0.1) is 11.7 Å². The summed E-state index contributed by atoms with van der Waals surface area (Å²) in [7, 11) is 0. The minimum atomic E-state index is -0.405. The van der Waals surface area contributed by atoms with Crippen LogP contribution in [0.2, 0.25) is 0 Å². The van der Waals surface area contributed by atoms with E-state index in [1.165, 1.54) is 6.07 Å². The van der Waals surface area contributed by atoms with Gasteiger partial charge in [-0.05, 0) is 12.0 Å². The van der Waals surface area contributed by atoms with E-state index in [2.05, 4.69) is 13.8 Å². The lowest BCUT2D eigenvalue weighted by atomic mass is 10.1. The number of aliphatic hydroxyl groups excluding tert-OH is 1. The molecule has 0 saturated carbocycles. The van der Waals surface area contributed by atoms with Crippen molar-refractivity contribution in [3.63, 3.8) is 0 Å². The van der Waals surface area contributed by atoms with Crippen LogP contribution in [0.15, 0.2) is 18.2 Å². The molecule has 0 spiro atoms. The van der Waals surface area contributed by atoms with Gasteiger partial charge in [-0.1, -0.05) is 38.8 Å². The summed E-state index contributed by atoms with van der Waals surface area (Å²) in [5.74, 6) is 0.223. The molecule has 2 nitrogen and oxygen atoms in total. The third-order valence-electron chi connectivity index (χ3n) is 2.84. The van der Waals surface area contributed by atoms with Crippen LogP contribution in [0.4, 0.5) is 4.39 Å². The van der Waals surface area contributed by atoms with Crippen molar-refractivity contribution >= 4 is 0 Å². The number of aliphatic hydroxyl groups is 1. The van der Waals surface area contributed by atoms with Gasteiger partial charge in [-0.25, -0.2) is 4.39 Å². The first-order valence-electron chi connectivity index (χ1n) is 5.73. The molecule has 1 aromatic carbocycles. The Labute approximate surface area is 96.1 Å². The van der Waals surface area contributed by atoms with Crippen LogP contribution in [-0.2, 0) is 6.61 Å². The van der Waals surface area contributed by atoms with E-state index in [0.717, 1.165) is 12.8 Å². The van der Waals surface area contributed by atoms with Crippen molar-refractivity contribution in [3.05, 3.63) is 29.6 Å². The molecule has 0 unspecified atom stereocenters. The summed E-state index contributed by atoms with van der Waals surface area (Å²) < 4.78 is 18.9. The first-order chi connectivity index (χ1) is 7.72. The van der Waals surface area contributed by atoms with Gasteiger partial charge in [0.25, 0.3) is 0 Å². The van der Waals surface area contributed by atoms with E-state index < -0.39 is 5.82 Å². The molecule has 0 bridgehead atoms. The van der Waals surface area contributed by atoms with Crippen molar-refractivity contribution in [1.29, 1.82) is 0 Å². The zero-order valence-corrected chi connectivity index (χ0v) is 9.87. The average molecular weight is 226 g/mol. The van der Waals surface area contributed by atoms with E-state index in [4.69, 9.17) is 9.84 Å². The summed E-state index contributed by atoms with van der Waals surface area (Å²) in [4.78, 5) is 0. The molecule has 0 amide bonds. The highest BCUT2D eigenvalue weighted by Crippen LogP contribution is 2.23. The standard InChI is InChI=1S/C13H19FO2/c1-3-10(4-2)9-16-13-11(8-15)6-5-7-12(13)14/h5-7,10,15H,3-4,8-9H2,1-2H3. The van der Waals surface area contributed by atoms with Gasteiger partial charge in [0.15, 0.2) is 11.6 Å². The zero-order valence-electron chi connectivity index (χ0n) is 9.87. The van der Waals surface area contributed by atoms with Crippen LogP contribution < -0.4 is 4.74 Å². The monoisotopic (exact) mass is 226 g/mol. The van der Waals surface area contributed by atoms with Crippen LogP contribution in [0.1, 0.15) is 32.3 Å². The lowest BCUT2D eigenvalue weighted by molar-refractivity contribution is 0.218. The van der Waals surface area contributed by atoms with E-state index in [9.17, 15) is 4.39 Å². The van der Waals surface area contributed by atoms with E-state index in [0.29, 0.717) is 18.1 Å². The van der Waals surface area contributed by atoms with Gasteiger partial charge in [0.05, 0.1) is 13.2 Å². The van der Waals surface area contributed by atoms with Crippen molar-refractivity contribution in [3.8, 4) is 5.75 Å². The molecule has 0 saturated heterocycles. The fourth-order valence-corrected chi connectivity index (χ4v) is 1.57. The number of hydrogen-bond donors (Lipinski definition) is 1. The number of benzene rings is 1. The molecule has 0 fully saturated rings. The average Bonchev–Trinajstić information content (AvgIpc) is 2.31. The van der Waals surface area contributed by atoms with Crippen molar-refractivity contribution in [1.82, 2.24) is 0 Å². The van der Waals surface area contributed by atoms with Gasteiger partial charge < -0.3 is 9.84 Å². The Morgan fingerprint density at radius 2 is 2.00 bits per heavy atom. The molecule has 16 heavy (non-hydrogen) atoms. The smallest absolute Gasteiger partial charge is 0.165 e. The third-order valence-corrected chi connectivity index (χ3v) is 2.84. The molecule has 0 atom stereocenters. The highest BCUT2D eigenvalue weighted by atomic mass is 19.1. The van der Waals surface area contributed by atoms with Crippen molar-refractivity contribution in [2.45, 2.75) is 33.3 Å². The Morgan fingerprint density at radius 3 is 2.56 bits per heavy atom. The Morgan fingerprint density at radius 1 is 1.31 bits per heavy atom. The highest BCUT2D eigenvalue weighted by molar-refractivity contribution is 5.34. The molecular weight excluding hydrogens is 207 g/mol. The fourth-order valence-electron chi connectivity index (χ4n) is 1.57. The second kappa shape index (κ2) is 6.48. The largest absolute Gasteiger partial charge is 0.490 e. The topological polar surface area (TPSA) is 29.5 Å². The summed E-state index contributed by atoms with van der Waals surface area (Å²) in [6.07, 6.45) is 2.03. The molecule has 1 rings (SSSR count). The molecule has 0 radical (unpaired) electrons. The van der Waals surface area contributed by atoms with Gasteiger partial charge in [0, 0.05) is 5.56 Å². The van der Waals surface area contributed by atoms with Crippen molar-refractivity contribution in [2.24, 2.45) is 5.92 Å². The summed E-state index contributed by atoms with van der Waals surface area (Å²) in [5.41, 5.74) is 0.506. The Bertz CT molecular complexity index is 322. The molecule has 1 N–H and O–H groups in total. The quantitative estimate of drug-likeness (QED) is 0.807. The number of rotatable bonds is 6. The molecule has 0 aromatic heterocycles. The minimum Gasteiger partial charge on any atom is -0.490 e. The Balaban J connectivity index is 2.72. The molecule has 0 aliphatic heterocycles. The zero-order chi connectivity index (χ0) is 12.0. The normalized spacial score (nSPS) is 10.8. The molecular formula is C13H19FO2. The van der Waals surface area contributed by atoms with Crippen LogP contribution in [0.25, 0.3) is 0 Å². The summed E-state index contributed by atoms with van der Waals surface area (Å²) in [6, 6.07) is 4.59. The van der Waals surface area contributed by atoms with E-state index in [-0.39, 0.29) is 12.4 Å². The first-order valence-corrected chi connectivity index (χ1v) is 5.73. The molecule has 0 aliphatic carbocycles. The number of para-hydroxylation sites is 1. The molecule has 1 aromatic rings. The number of hydrogen-bond acceptors (Lipinski definition) is 2. The van der Waals surface area contributed by atoms with Crippen molar-refractivity contribution < 1.29 is 14.2 Å². The van der Waals surface area contributed by atoms with Crippen molar-refractivity contribution in [2.75, 3.05) is 6.61 Å². The van der Waals surface area contributed by atoms with Crippen LogP contribution in [-0.4, -0.2) is 11.7 Å². The lowest BCUT2D eigenvalue weighted by Crippen LogP contribution is -2.12. The first kappa shape index (κ1) is 13.0. The van der Waals surface area contributed by atoms with Gasteiger partial charge >= 0.3 is 0 Å². The second-order valence-corrected chi connectivity index (χ2v) is 3.88. The number of halogens is 1. The molecule has 0 aliphatic rings. The van der Waals surface area contributed by atoms with Crippen LogP contribution >= 0.6 is 0 Å². The predicted octanol–water partition coefficient (Wildman–Crippen LogP) is 3.13. The van der Waals surface area contributed by atoms with Crippen LogP contribution in [0.5, 0.6) is 5.75 Å². The summed E-state index contributed by atoms with van der Waals surface area (Å²) in [6.45, 7) is 4.48. The van der Waals surface area contributed by atoms with E-state index in [1.807, 2.05) is 0 Å². The lowest BCUT2D eigenvalue weighted by Gasteiger charge is -2.16. The third kappa shape index (κ3) is 3.20. The number of ether oxygens (including phenoxy) is 1. The fraction of sp³-hybridized carbons (Fsp3) is 0.538. The predicted molar refractivity (Wildman–Crippen MR) is 61.9 cm³/mol. The van der Waals surface area contributed by atoms with Crippen LogP contribution in [0.3, 0.4) is 0 Å². The van der Waals surface area contributed by atoms with Gasteiger partial charge in [-0.15, -0.1) is 0 Å². The SMILES string of the molecule is CCC(CC)COc1c(F)cccc1CO. The van der Waals surface area contributed by atoms with E-state index >= 15 is 0 Å². The van der Waals surface area contributed by atoms with Gasteiger partial charge in [-0.2, -0.15) is 0 Å². The highest BCUT2D eigenvalue weighted by Gasteiger charge is 2.11. The Hall–Kier alpha value is -1.09. The summed E-state index contributed by atoms with van der Waals surface area (Å²) >= 11 is 0. The Kier molecular flexibility index (Phi) is 5.26. The second-order valence-electron chi connectivity index (χ2n) is 3.88. The maximum Gasteiger partial charge on any atom is 0.165 e. The molecule has 3 heteroatoms. The maximum atomic E-state index is 13.5. The van der Waals surface area contributed by atoms with E-state index in [1.54, 1.807) is 12.1 Å². The van der Waals surface area contributed by atoms with Gasteiger partial charge in [-0.3, -0.25) is 0 Å². The molecule has 90 valence electrons. The summed E-state index contributed by atoms with van der Waals surface area (Å²) in [5, 5.41) is 9.08.